The van der Waals surface area contributed by atoms with Gasteiger partial charge in [-0.2, -0.15) is 5.26 Å². The van der Waals surface area contributed by atoms with E-state index in [-0.39, 0.29) is 17.2 Å². The summed E-state index contributed by atoms with van der Waals surface area (Å²) in [5.74, 6) is 0.233. The van der Waals surface area contributed by atoms with E-state index in [0.29, 0.717) is 18.8 Å². The van der Waals surface area contributed by atoms with Gasteiger partial charge in [0.2, 0.25) is 0 Å². The van der Waals surface area contributed by atoms with E-state index in [1.54, 1.807) is 12.1 Å². The fourth-order valence-electron chi connectivity index (χ4n) is 2.96. The predicted molar refractivity (Wildman–Crippen MR) is 80.9 cm³/mol. The van der Waals surface area contributed by atoms with Crippen LogP contribution in [0.2, 0.25) is 0 Å². The zero-order chi connectivity index (χ0) is 15.5. The topological polar surface area (TPSA) is 73.1 Å². The molecule has 0 aliphatic heterocycles. The second kappa shape index (κ2) is 6.17. The van der Waals surface area contributed by atoms with Crippen LogP contribution in [-0.4, -0.2) is 16.6 Å². The Bertz CT molecular complexity index is 567. The van der Waals surface area contributed by atoms with Crippen LogP contribution in [0.1, 0.15) is 54.9 Å². The maximum atomic E-state index is 12.4. The lowest BCUT2D eigenvalue weighted by Crippen LogP contribution is -2.49. The number of aryl methyl sites for hydroxylation is 1. The molecule has 0 unspecified atom stereocenters. The first-order valence-electron chi connectivity index (χ1n) is 7.53. The molecule has 0 atom stereocenters. The number of benzene rings is 1. The molecule has 2 N–H and O–H groups in total. The van der Waals surface area contributed by atoms with Gasteiger partial charge in [0.25, 0.3) is 5.91 Å². The van der Waals surface area contributed by atoms with Crippen LogP contribution in [0, 0.1) is 24.2 Å². The van der Waals surface area contributed by atoms with Crippen LogP contribution in [0.3, 0.4) is 0 Å². The van der Waals surface area contributed by atoms with Gasteiger partial charge in [0.15, 0.2) is 0 Å². The first-order chi connectivity index (χ1) is 9.99. The molecule has 0 aromatic heterocycles. The highest BCUT2D eigenvalue weighted by molar-refractivity contribution is 5.97. The Morgan fingerprint density at radius 2 is 2.14 bits per heavy atom. The van der Waals surface area contributed by atoms with Crippen molar-refractivity contribution in [3.05, 3.63) is 29.3 Å². The number of hydrogen-bond donors (Lipinski definition) is 2. The molecule has 112 valence electrons. The summed E-state index contributed by atoms with van der Waals surface area (Å²) in [7, 11) is 0. The summed E-state index contributed by atoms with van der Waals surface area (Å²) in [6, 6.07) is 7.19. The van der Waals surface area contributed by atoms with Crippen molar-refractivity contribution in [2.75, 3.05) is 0 Å². The third kappa shape index (κ3) is 3.36. The molecular formula is C17H22N2O2. The number of phenolic OH excluding ortho intramolecular Hbond substituents is 1. The van der Waals surface area contributed by atoms with Gasteiger partial charge < -0.3 is 10.4 Å². The molecule has 0 saturated heterocycles. The van der Waals surface area contributed by atoms with Crippen molar-refractivity contribution in [2.24, 2.45) is 5.92 Å². The fourth-order valence-corrected chi connectivity index (χ4v) is 2.96. The SMILES string of the molecule is CCC1CCC(C#N)(NC(=O)c2cc(C)ccc2O)CC1. The van der Waals surface area contributed by atoms with E-state index < -0.39 is 5.54 Å². The number of carbonyl (C=O) groups excluding carboxylic acids is 1. The van der Waals surface area contributed by atoms with E-state index in [4.69, 9.17) is 0 Å². The highest BCUT2D eigenvalue weighted by Gasteiger charge is 2.36. The van der Waals surface area contributed by atoms with Crippen LogP contribution in [0.25, 0.3) is 0 Å². The monoisotopic (exact) mass is 286 g/mol. The van der Waals surface area contributed by atoms with Crippen molar-refractivity contribution in [1.29, 1.82) is 5.26 Å². The summed E-state index contributed by atoms with van der Waals surface area (Å²) in [5, 5.41) is 22.2. The van der Waals surface area contributed by atoms with Gasteiger partial charge in [-0.3, -0.25) is 4.79 Å². The Morgan fingerprint density at radius 3 is 2.71 bits per heavy atom. The number of nitrogens with one attached hydrogen (secondary N) is 1. The Hall–Kier alpha value is -2.02. The van der Waals surface area contributed by atoms with E-state index in [2.05, 4.69) is 18.3 Å². The largest absolute Gasteiger partial charge is 0.507 e. The maximum Gasteiger partial charge on any atom is 0.256 e. The lowest BCUT2D eigenvalue weighted by atomic mass is 9.76. The molecule has 21 heavy (non-hydrogen) atoms. The van der Waals surface area contributed by atoms with Crippen molar-refractivity contribution in [3.8, 4) is 11.8 Å². The molecule has 1 fully saturated rings. The fraction of sp³-hybridized carbons (Fsp3) is 0.529. The zero-order valence-corrected chi connectivity index (χ0v) is 12.6. The van der Waals surface area contributed by atoms with Crippen molar-refractivity contribution in [1.82, 2.24) is 5.32 Å². The summed E-state index contributed by atoms with van der Waals surface area (Å²) >= 11 is 0. The average Bonchev–Trinajstić information content (AvgIpc) is 2.50. The van der Waals surface area contributed by atoms with Crippen molar-refractivity contribution in [2.45, 2.75) is 51.5 Å². The van der Waals surface area contributed by atoms with Crippen LogP contribution in [0.4, 0.5) is 0 Å². The number of phenols is 1. The summed E-state index contributed by atoms with van der Waals surface area (Å²) in [6.07, 6.45) is 4.41. The quantitative estimate of drug-likeness (QED) is 0.895. The molecule has 4 heteroatoms. The number of carbonyl (C=O) groups is 1. The molecule has 1 saturated carbocycles. The molecule has 1 aliphatic rings. The molecular weight excluding hydrogens is 264 g/mol. The third-order valence-corrected chi connectivity index (χ3v) is 4.50. The van der Waals surface area contributed by atoms with Crippen molar-refractivity contribution < 1.29 is 9.90 Å². The second-order valence-corrected chi connectivity index (χ2v) is 6.02. The van der Waals surface area contributed by atoms with Crippen LogP contribution < -0.4 is 5.32 Å². The van der Waals surface area contributed by atoms with Gasteiger partial charge in [-0.25, -0.2) is 0 Å². The summed E-state index contributed by atoms with van der Waals surface area (Å²) in [6.45, 7) is 4.02. The van der Waals surface area contributed by atoms with E-state index in [9.17, 15) is 15.2 Å². The van der Waals surface area contributed by atoms with Crippen LogP contribution in [0.5, 0.6) is 5.75 Å². The van der Waals surface area contributed by atoms with E-state index in [1.165, 1.54) is 6.07 Å². The number of rotatable bonds is 3. The number of aromatic hydroxyl groups is 1. The number of nitrogens with zero attached hydrogens (tertiary/aromatic N) is 1. The van der Waals surface area contributed by atoms with Gasteiger partial charge in [-0.15, -0.1) is 0 Å². The van der Waals surface area contributed by atoms with Crippen LogP contribution in [0.15, 0.2) is 18.2 Å². The molecule has 1 aliphatic carbocycles. The predicted octanol–water partition coefficient (Wildman–Crippen LogP) is 3.29. The van der Waals surface area contributed by atoms with Crippen molar-refractivity contribution in [3.63, 3.8) is 0 Å². The lowest BCUT2D eigenvalue weighted by Gasteiger charge is -2.35. The molecule has 0 spiro atoms. The van der Waals surface area contributed by atoms with E-state index in [1.807, 2.05) is 6.92 Å². The molecule has 0 bridgehead atoms. The molecule has 0 radical (unpaired) electrons. The highest BCUT2D eigenvalue weighted by Crippen LogP contribution is 2.34. The molecule has 1 aromatic carbocycles. The smallest absolute Gasteiger partial charge is 0.256 e. The second-order valence-electron chi connectivity index (χ2n) is 6.02. The summed E-state index contributed by atoms with van der Waals surface area (Å²) < 4.78 is 0. The van der Waals surface area contributed by atoms with Gasteiger partial charge in [0.05, 0.1) is 11.6 Å². The Morgan fingerprint density at radius 1 is 1.48 bits per heavy atom. The lowest BCUT2D eigenvalue weighted by molar-refractivity contribution is 0.0888. The molecule has 1 amide bonds. The minimum Gasteiger partial charge on any atom is -0.507 e. The molecule has 0 heterocycles. The standard InChI is InChI=1S/C17H22N2O2/c1-3-13-6-8-17(11-18,9-7-13)19-16(21)14-10-12(2)4-5-15(14)20/h4-5,10,13,20H,3,6-9H2,1-2H3,(H,19,21). The Balaban J connectivity index is 2.14. The minimum atomic E-state index is -0.793. The first-order valence-corrected chi connectivity index (χ1v) is 7.53. The van der Waals surface area contributed by atoms with Gasteiger partial charge in [0.1, 0.15) is 11.3 Å². The highest BCUT2D eigenvalue weighted by atomic mass is 16.3. The van der Waals surface area contributed by atoms with Crippen LogP contribution >= 0.6 is 0 Å². The number of amides is 1. The van der Waals surface area contributed by atoms with Gasteiger partial charge >= 0.3 is 0 Å². The van der Waals surface area contributed by atoms with E-state index >= 15 is 0 Å². The van der Waals surface area contributed by atoms with Gasteiger partial charge in [-0.05, 0) is 50.7 Å². The van der Waals surface area contributed by atoms with Gasteiger partial charge in [0, 0.05) is 0 Å². The number of nitriles is 1. The number of hydrogen-bond acceptors (Lipinski definition) is 3. The zero-order valence-electron chi connectivity index (χ0n) is 12.6. The van der Waals surface area contributed by atoms with Gasteiger partial charge in [-0.1, -0.05) is 25.0 Å². The van der Waals surface area contributed by atoms with Crippen molar-refractivity contribution >= 4 is 5.91 Å². The average molecular weight is 286 g/mol. The molecule has 4 nitrogen and oxygen atoms in total. The summed E-state index contributed by atoms with van der Waals surface area (Å²) in [4.78, 5) is 12.4. The molecule has 1 aromatic rings. The third-order valence-electron chi connectivity index (χ3n) is 4.50. The Kier molecular flexibility index (Phi) is 4.52. The normalized spacial score (nSPS) is 25.1. The minimum absolute atomic E-state index is 0.0477. The Labute approximate surface area is 125 Å². The van der Waals surface area contributed by atoms with Crippen LogP contribution in [-0.2, 0) is 0 Å². The first kappa shape index (κ1) is 15.4. The maximum absolute atomic E-state index is 12.4. The molecule has 2 rings (SSSR count). The summed E-state index contributed by atoms with van der Waals surface area (Å²) in [5.41, 5.74) is 0.347. The van der Waals surface area contributed by atoms with E-state index in [0.717, 1.165) is 24.8 Å².